The molecule has 0 unspecified atom stereocenters. The molecule has 12 heavy (non-hydrogen) atoms. The molecule has 64 valence electrons. The summed E-state index contributed by atoms with van der Waals surface area (Å²) in [5.74, 6) is -0.170. The van der Waals surface area contributed by atoms with Crippen LogP contribution in [0.5, 0.6) is 0 Å². The van der Waals surface area contributed by atoms with E-state index in [4.69, 9.17) is 0 Å². The van der Waals surface area contributed by atoms with Crippen molar-refractivity contribution in [3.8, 4) is 0 Å². The lowest BCUT2D eigenvalue weighted by Gasteiger charge is -2.01. The number of hydrogen-bond acceptors (Lipinski definition) is 2. The van der Waals surface area contributed by atoms with Gasteiger partial charge in [-0.05, 0) is 12.1 Å². The van der Waals surface area contributed by atoms with Gasteiger partial charge in [0.25, 0.3) is 0 Å². The maximum Gasteiger partial charge on any atom is 0.243 e. The Bertz CT molecular complexity index is 290. The van der Waals surface area contributed by atoms with E-state index in [0.717, 1.165) is 5.69 Å². The zero-order valence-electron chi connectivity index (χ0n) is 6.95. The maximum absolute atomic E-state index is 10.8. The summed E-state index contributed by atoms with van der Waals surface area (Å²) in [7, 11) is 1.83. The summed E-state index contributed by atoms with van der Waals surface area (Å²) in [5, 5.41) is 6.62. The van der Waals surface area contributed by atoms with Crippen LogP contribution in [0.2, 0.25) is 0 Å². The van der Waals surface area contributed by atoms with Gasteiger partial charge in [-0.3, -0.25) is 9.48 Å². The highest BCUT2D eigenvalue weighted by molar-refractivity contribution is 5.86. The Hall–Kier alpha value is -1.58. The molecule has 0 saturated carbocycles. The van der Waals surface area contributed by atoms with E-state index in [1.165, 1.54) is 6.08 Å². The predicted octanol–water partition coefficient (Wildman–Crippen LogP) is 0.222. The molecule has 4 nitrogen and oxygen atoms in total. The monoisotopic (exact) mass is 165 g/mol. The van der Waals surface area contributed by atoms with E-state index in [-0.39, 0.29) is 5.91 Å². The summed E-state index contributed by atoms with van der Waals surface area (Å²) < 4.78 is 1.71. The lowest BCUT2D eigenvalue weighted by Crippen LogP contribution is -2.21. The molecule has 0 aliphatic heterocycles. The molecular formula is C8H11N3O. The maximum atomic E-state index is 10.8. The van der Waals surface area contributed by atoms with Crippen LogP contribution in [-0.4, -0.2) is 15.7 Å². The summed E-state index contributed by atoms with van der Waals surface area (Å²) >= 11 is 0. The van der Waals surface area contributed by atoms with Crippen LogP contribution < -0.4 is 5.32 Å². The molecule has 4 heteroatoms. The molecule has 0 bridgehead atoms. The second kappa shape index (κ2) is 3.71. The zero-order valence-corrected chi connectivity index (χ0v) is 6.95. The van der Waals surface area contributed by atoms with Crippen molar-refractivity contribution in [1.82, 2.24) is 15.1 Å². The molecule has 1 heterocycles. The topological polar surface area (TPSA) is 46.9 Å². The molecule has 1 N–H and O–H groups in total. The Labute approximate surface area is 70.9 Å². The van der Waals surface area contributed by atoms with Gasteiger partial charge in [0.15, 0.2) is 0 Å². The van der Waals surface area contributed by atoms with Crippen molar-refractivity contribution in [3.05, 3.63) is 30.6 Å². The Balaban J connectivity index is 2.48. The number of nitrogens with one attached hydrogen (secondary N) is 1. The van der Waals surface area contributed by atoms with Crippen LogP contribution in [0.1, 0.15) is 5.69 Å². The third-order valence-corrected chi connectivity index (χ3v) is 1.55. The first-order valence-corrected chi connectivity index (χ1v) is 3.61. The van der Waals surface area contributed by atoms with Gasteiger partial charge in [0.1, 0.15) is 0 Å². The smallest absolute Gasteiger partial charge is 0.243 e. The van der Waals surface area contributed by atoms with Crippen molar-refractivity contribution < 1.29 is 4.79 Å². The van der Waals surface area contributed by atoms with Crippen LogP contribution in [0.4, 0.5) is 0 Å². The Morgan fingerprint density at radius 3 is 3.17 bits per heavy atom. The molecular weight excluding hydrogens is 154 g/mol. The third kappa shape index (κ3) is 1.95. The van der Waals surface area contributed by atoms with Gasteiger partial charge in [-0.15, -0.1) is 0 Å². The number of amides is 1. The molecule has 0 atom stereocenters. The number of carbonyl (C=O) groups is 1. The van der Waals surface area contributed by atoms with Crippen LogP contribution in [0.15, 0.2) is 24.9 Å². The molecule has 0 spiro atoms. The van der Waals surface area contributed by atoms with Crippen LogP contribution in [0.25, 0.3) is 0 Å². The van der Waals surface area contributed by atoms with Crippen molar-refractivity contribution in [2.24, 2.45) is 7.05 Å². The standard InChI is InChI=1S/C8H11N3O/c1-3-8(12)9-6-7-4-5-10-11(7)2/h3-5H,1,6H2,2H3,(H,9,12). The van der Waals surface area contributed by atoms with E-state index in [1.54, 1.807) is 10.9 Å². The number of rotatable bonds is 3. The molecule has 0 aliphatic carbocycles. The van der Waals surface area contributed by atoms with Crippen LogP contribution in [0, 0.1) is 0 Å². The molecule has 0 fully saturated rings. The molecule has 1 rings (SSSR count). The van der Waals surface area contributed by atoms with E-state index in [2.05, 4.69) is 17.0 Å². The van der Waals surface area contributed by atoms with E-state index >= 15 is 0 Å². The highest BCUT2D eigenvalue weighted by Crippen LogP contribution is 1.94. The fourth-order valence-corrected chi connectivity index (χ4v) is 0.825. The fraction of sp³-hybridized carbons (Fsp3) is 0.250. The first-order valence-electron chi connectivity index (χ1n) is 3.61. The first-order chi connectivity index (χ1) is 5.74. The minimum Gasteiger partial charge on any atom is -0.347 e. The first kappa shape index (κ1) is 8.52. The lowest BCUT2D eigenvalue weighted by molar-refractivity contribution is -0.116. The summed E-state index contributed by atoms with van der Waals surface area (Å²) in [6, 6.07) is 1.85. The average molecular weight is 165 g/mol. The number of nitrogens with zero attached hydrogens (tertiary/aromatic N) is 2. The molecule has 0 radical (unpaired) electrons. The molecule has 1 aromatic heterocycles. The number of hydrogen-bond donors (Lipinski definition) is 1. The summed E-state index contributed by atoms with van der Waals surface area (Å²) in [6.07, 6.45) is 2.94. The largest absolute Gasteiger partial charge is 0.347 e. The summed E-state index contributed by atoms with van der Waals surface area (Å²) in [4.78, 5) is 10.8. The van der Waals surface area contributed by atoms with Crippen LogP contribution >= 0.6 is 0 Å². The fourth-order valence-electron chi connectivity index (χ4n) is 0.825. The van der Waals surface area contributed by atoms with E-state index in [9.17, 15) is 4.79 Å². The van der Waals surface area contributed by atoms with Gasteiger partial charge in [-0.25, -0.2) is 0 Å². The van der Waals surface area contributed by atoms with Gasteiger partial charge in [0.05, 0.1) is 12.2 Å². The van der Waals surface area contributed by atoms with Crippen molar-refractivity contribution in [2.45, 2.75) is 6.54 Å². The normalized spacial score (nSPS) is 9.42. The van der Waals surface area contributed by atoms with Gasteiger partial charge in [-0.2, -0.15) is 5.10 Å². The quantitative estimate of drug-likeness (QED) is 0.651. The number of carbonyl (C=O) groups excluding carboxylic acids is 1. The highest BCUT2D eigenvalue weighted by Gasteiger charge is 1.98. The Morgan fingerprint density at radius 2 is 2.67 bits per heavy atom. The van der Waals surface area contributed by atoms with Gasteiger partial charge >= 0.3 is 0 Å². The minimum absolute atomic E-state index is 0.170. The second-order valence-corrected chi connectivity index (χ2v) is 2.37. The van der Waals surface area contributed by atoms with Gasteiger partial charge in [-0.1, -0.05) is 6.58 Å². The van der Waals surface area contributed by atoms with E-state index in [0.29, 0.717) is 6.54 Å². The van der Waals surface area contributed by atoms with E-state index < -0.39 is 0 Å². The number of aryl methyl sites for hydroxylation is 1. The molecule has 0 aromatic carbocycles. The zero-order chi connectivity index (χ0) is 8.97. The number of aromatic nitrogens is 2. The predicted molar refractivity (Wildman–Crippen MR) is 45.3 cm³/mol. The van der Waals surface area contributed by atoms with Crippen molar-refractivity contribution in [2.75, 3.05) is 0 Å². The second-order valence-electron chi connectivity index (χ2n) is 2.37. The van der Waals surface area contributed by atoms with Crippen molar-refractivity contribution >= 4 is 5.91 Å². The summed E-state index contributed by atoms with van der Waals surface area (Å²) in [6.45, 7) is 3.84. The Morgan fingerprint density at radius 1 is 1.92 bits per heavy atom. The summed E-state index contributed by atoms with van der Waals surface area (Å²) in [5.41, 5.74) is 0.963. The van der Waals surface area contributed by atoms with Gasteiger partial charge in [0, 0.05) is 13.2 Å². The molecule has 1 amide bonds. The van der Waals surface area contributed by atoms with Crippen LogP contribution in [-0.2, 0) is 18.4 Å². The van der Waals surface area contributed by atoms with Gasteiger partial charge < -0.3 is 5.32 Å². The third-order valence-electron chi connectivity index (χ3n) is 1.55. The van der Waals surface area contributed by atoms with E-state index in [1.807, 2.05) is 13.1 Å². The molecule has 0 aliphatic rings. The highest BCUT2D eigenvalue weighted by atomic mass is 16.1. The van der Waals surface area contributed by atoms with Crippen LogP contribution in [0.3, 0.4) is 0 Å². The van der Waals surface area contributed by atoms with Crippen molar-refractivity contribution in [1.29, 1.82) is 0 Å². The minimum atomic E-state index is -0.170. The average Bonchev–Trinajstić information content (AvgIpc) is 2.47. The molecule has 0 saturated heterocycles. The molecule has 1 aromatic rings. The SMILES string of the molecule is C=CC(=O)NCc1ccnn1C. The van der Waals surface area contributed by atoms with Gasteiger partial charge in [0.2, 0.25) is 5.91 Å². The Kier molecular flexibility index (Phi) is 2.63. The van der Waals surface area contributed by atoms with Crippen molar-refractivity contribution in [3.63, 3.8) is 0 Å². The lowest BCUT2D eigenvalue weighted by atomic mass is 10.4.